The minimum absolute atomic E-state index is 0.878. The molecule has 0 saturated carbocycles. The minimum atomic E-state index is 0.878. The number of likely N-dealkylation sites (N-methyl/N-ethyl adjacent to an activating group) is 1. The number of nitrogens with one attached hydrogen (secondary N) is 1. The van der Waals surface area contributed by atoms with Crippen molar-refractivity contribution in [2.24, 2.45) is 11.8 Å². The summed E-state index contributed by atoms with van der Waals surface area (Å²) in [7, 11) is 2.29. The first-order chi connectivity index (χ1) is 8.33. The van der Waals surface area contributed by atoms with Crippen molar-refractivity contribution in [3.63, 3.8) is 0 Å². The van der Waals surface area contributed by atoms with Gasteiger partial charge in [0.2, 0.25) is 0 Å². The summed E-state index contributed by atoms with van der Waals surface area (Å²) in [5.41, 5.74) is 0. The molecule has 2 unspecified atom stereocenters. The van der Waals surface area contributed by atoms with Crippen molar-refractivity contribution in [2.75, 3.05) is 46.3 Å². The molecule has 0 amide bonds. The van der Waals surface area contributed by atoms with Gasteiger partial charge in [-0.15, -0.1) is 0 Å². The zero-order chi connectivity index (χ0) is 11.7. The van der Waals surface area contributed by atoms with Crippen molar-refractivity contribution in [3.8, 4) is 0 Å². The SMILES string of the molecule is CN1CCC2CCN(CC3CCNCC3)C2C1. The molecule has 0 aromatic rings. The summed E-state index contributed by atoms with van der Waals surface area (Å²) in [6, 6.07) is 0.878. The van der Waals surface area contributed by atoms with E-state index in [9.17, 15) is 0 Å². The van der Waals surface area contributed by atoms with Gasteiger partial charge in [0.1, 0.15) is 0 Å². The zero-order valence-corrected chi connectivity index (χ0v) is 11.2. The predicted octanol–water partition coefficient (Wildman–Crippen LogP) is 1.01. The highest BCUT2D eigenvalue weighted by molar-refractivity contribution is 4.93. The van der Waals surface area contributed by atoms with Gasteiger partial charge in [-0.3, -0.25) is 4.90 Å². The Kier molecular flexibility index (Phi) is 3.69. The Morgan fingerprint density at radius 2 is 1.82 bits per heavy atom. The van der Waals surface area contributed by atoms with Crippen LogP contribution in [0.15, 0.2) is 0 Å². The number of piperidine rings is 2. The van der Waals surface area contributed by atoms with E-state index in [2.05, 4.69) is 22.2 Å². The Bertz CT molecular complexity index is 250. The molecule has 2 atom stereocenters. The van der Waals surface area contributed by atoms with Gasteiger partial charge < -0.3 is 10.2 Å². The smallest absolute Gasteiger partial charge is 0.0252 e. The molecule has 3 aliphatic heterocycles. The van der Waals surface area contributed by atoms with Crippen molar-refractivity contribution in [3.05, 3.63) is 0 Å². The lowest BCUT2D eigenvalue weighted by atomic mass is 9.91. The summed E-state index contributed by atoms with van der Waals surface area (Å²) in [6.07, 6.45) is 5.68. The number of rotatable bonds is 2. The molecule has 3 heteroatoms. The van der Waals surface area contributed by atoms with Crippen LogP contribution in [0.25, 0.3) is 0 Å². The van der Waals surface area contributed by atoms with E-state index in [0.717, 1.165) is 17.9 Å². The molecule has 3 heterocycles. The molecule has 0 radical (unpaired) electrons. The average molecular weight is 237 g/mol. The minimum Gasteiger partial charge on any atom is -0.317 e. The van der Waals surface area contributed by atoms with Gasteiger partial charge in [0.05, 0.1) is 0 Å². The molecule has 0 spiro atoms. The molecule has 17 heavy (non-hydrogen) atoms. The van der Waals surface area contributed by atoms with E-state index in [1.807, 2.05) is 0 Å². The molecule has 3 rings (SSSR count). The van der Waals surface area contributed by atoms with Gasteiger partial charge in [0, 0.05) is 19.1 Å². The maximum atomic E-state index is 3.48. The van der Waals surface area contributed by atoms with Crippen LogP contribution in [0, 0.1) is 11.8 Å². The van der Waals surface area contributed by atoms with Crippen molar-refractivity contribution in [1.82, 2.24) is 15.1 Å². The topological polar surface area (TPSA) is 18.5 Å². The number of nitrogens with zero attached hydrogens (tertiary/aromatic N) is 2. The van der Waals surface area contributed by atoms with Crippen LogP contribution >= 0.6 is 0 Å². The summed E-state index contributed by atoms with van der Waals surface area (Å²) >= 11 is 0. The first-order valence-corrected chi connectivity index (χ1v) is 7.46. The van der Waals surface area contributed by atoms with Crippen LogP contribution in [-0.4, -0.2) is 62.2 Å². The average Bonchev–Trinajstić information content (AvgIpc) is 2.73. The Labute approximate surface area is 106 Å². The molecule has 1 N–H and O–H groups in total. The van der Waals surface area contributed by atoms with E-state index in [0.29, 0.717) is 0 Å². The standard InChI is InChI=1S/C14H27N3/c1-16-8-4-13-5-9-17(14(13)11-16)10-12-2-6-15-7-3-12/h12-15H,2-11H2,1H3. The maximum Gasteiger partial charge on any atom is 0.0252 e. The molecule has 0 aromatic heterocycles. The summed E-state index contributed by atoms with van der Waals surface area (Å²) in [5, 5.41) is 3.48. The summed E-state index contributed by atoms with van der Waals surface area (Å²) in [5.74, 6) is 1.97. The third kappa shape index (κ3) is 2.67. The molecule has 0 bridgehead atoms. The first kappa shape index (κ1) is 11.9. The fourth-order valence-corrected chi connectivity index (χ4v) is 4.01. The lowest BCUT2D eigenvalue weighted by Gasteiger charge is -2.38. The summed E-state index contributed by atoms with van der Waals surface area (Å²) < 4.78 is 0. The molecule has 3 nitrogen and oxygen atoms in total. The lowest BCUT2D eigenvalue weighted by molar-refractivity contribution is 0.105. The molecule has 3 saturated heterocycles. The van der Waals surface area contributed by atoms with Crippen LogP contribution in [0.1, 0.15) is 25.7 Å². The van der Waals surface area contributed by atoms with Gasteiger partial charge >= 0.3 is 0 Å². The van der Waals surface area contributed by atoms with Gasteiger partial charge in [-0.25, -0.2) is 0 Å². The van der Waals surface area contributed by atoms with Crippen LogP contribution in [0.5, 0.6) is 0 Å². The number of hydrogen-bond acceptors (Lipinski definition) is 3. The van der Waals surface area contributed by atoms with Gasteiger partial charge in [0.25, 0.3) is 0 Å². The highest BCUT2D eigenvalue weighted by Crippen LogP contribution is 2.32. The van der Waals surface area contributed by atoms with Crippen LogP contribution < -0.4 is 5.32 Å². The van der Waals surface area contributed by atoms with Gasteiger partial charge in [0.15, 0.2) is 0 Å². The molecule has 3 fully saturated rings. The molecule has 3 aliphatic rings. The van der Waals surface area contributed by atoms with E-state index in [1.165, 1.54) is 65.0 Å². The monoisotopic (exact) mass is 237 g/mol. The van der Waals surface area contributed by atoms with Crippen LogP contribution in [0.4, 0.5) is 0 Å². The Morgan fingerprint density at radius 3 is 2.65 bits per heavy atom. The van der Waals surface area contributed by atoms with Gasteiger partial charge in [-0.1, -0.05) is 0 Å². The van der Waals surface area contributed by atoms with Crippen LogP contribution in [0.2, 0.25) is 0 Å². The third-order valence-electron chi connectivity index (χ3n) is 5.13. The highest BCUT2D eigenvalue weighted by Gasteiger charge is 2.37. The molecule has 0 aliphatic carbocycles. The van der Waals surface area contributed by atoms with Gasteiger partial charge in [-0.2, -0.15) is 0 Å². The second-order valence-electron chi connectivity index (χ2n) is 6.36. The van der Waals surface area contributed by atoms with E-state index < -0.39 is 0 Å². The van der Waals surface area contributed by atoms with E-state index >= 15 is 0 Å². The largest absolute Gasteiger partial charge is 0.317 e. The Balaban J connectivity index is 1.56. The predicted molar refractivity (Wildman–Crippen MR) is 71.2 cm³/mol. The van der Waals surface area contributed by atoms with Crippen molar-refractivity contribution in [2.45, 2.75) is 31.7 Å². The number of fused-ring (bicyclic) bond motifs is 1. The highest BCUT2D eigenvalue weighted by atomic mass is 15.2. The fraction of sp³-hybridized carbons (Fsp3) is 1.00. The second kappa shape index (κ2) is 5.25. The van der Waals surface area contributed by atoms with Crippen molar-refractivity contribution in [1.29, 1.82) is 0 Å². The van der Waals surface area contributed by atoms with Crippen molar-refractivity contribution >= 4 is 0 Å². The first-order valence-electron chi connectivity index (χ1n) is 7.46. The molecule has 0 aromatic carbocycles. The normalized spacial score (nSPS) is 37.2. The molecular formula is C14H27N3. The molecular weight excluding hydrogens is 210 g/mol. The van der Waals surface area contributed by atoms with E-state index in [4.69, 9.17) is 0 Å². The summed E-state index contributed by atoms with van der Waals surface area (Å²) in [6.45, 7) is 7.86. The maximum absolute atomic E-state index is 3.48. The lowest BCUT2D eigenvalue weighted by Crippen LogP contribution is -2.48. The fourth-order valence-electron chi connectivity index (χ4n) is 4.01. The summed E-state index contributed by atoms with van der Waals surface area (Å²) in [4.78, 5) is 5.35. The van der Waals surface area contributed by atoms with Crippen LogP contribution in [-0.2, 0) is 0 Å². The van der Waals surface area contributed by atoms with E-state index in [-0.39, 0.29) is 0 Å². The van der Waals surface area contributed by atoms with Crippen molar-refractivity contribution < 1.29 is 0 Å². The Hall–Kier alpha value is -0.120. The number of likely N-dealkylation sites (tertiary alicyclic amines) is 2. The van der Waals surface area contributed by atoms with E-state index in [1.54, 1.807) is 0 Å². The molecule has 98 valence electrons. The van der Waals surface area contributed by atoms with Crippen LogP contribution in [0.3, 0.4) is 0 Å². The zero-order valence-electron chi connectivity index (χ0n) is 11.2. The second-order valence-corrected chi connectivity index (χ2v) is 6.36. The third-order valence-corrected chi connectivity index (χ3v) is 5.13. The number of hydrogen-bond donors (Lipinski definition) is 1. The quantitative estimate of drug-likeness (QED) is 0.773. The Morgan fingerprint density at radius 1 is 1.06 bits per heavy atom. The van der Waals surface area contributed by atoms with Gasteiger partial charge in [-0.05, 0) is 70.7 Å².